The van der Waals surface area contributed by atoms with E-state index >= 15 is 0 Å². The molecule has 0 bridgehead atoms. The predicted octanol–water partition coefficient (Wildman–Crippen LogP) is 5.56. The lowest BCUT2D eigenvalue weighted by atomic mass is 9.80. The highest BCUT2D eigenvalue weighted by Crippen LogP contribution is 2.45. The van der Waals surface area contributed by atoms with E-state index in [9.17, 15) is 0 Å². The van der Waals surface area contributed by atoms with Gasteiger partial charge in [-0.3, -0.25) is 4.98 Å². The summed E-state index contributed by atoms with van der Waals surface area (Å²) >= 11 is 1.80. The van der Waals surface area contributed by atoms with Gasteiger partial charge in [-0.05, 0) is 29.7 Å². The smallest absolute Gasteiger partial charge is 0.125 e. The number of aromatic nitrogens is 2. The average Bonchev–Trinajstić information content (AvgIpc) is 3.13. The van der Waals surface area contributed by atoms with Crippen molar-refractivity contribution in [2.24, 2.45) is 0 Å². The van der Waals surface area contributed by atoms with Gasteiger partial charge in [-0.2, -0.15) is 0 Å². The fourth-order valence-electron chi connectivity index (χ4n) is 3.61. The third kappa shape index (κ3) is 2.48. The van der Waals surface area contributed by atoms with Crippen molar-refractivity contribution >= 4 is 11.3 Å². The van der Waals surface area contributed by atoms with Gasteiger partial charge in [-0.25, -0.2) is 4.98 Å². The predicted molar refractivity (Wildman–Crippen MR) is 103 cm³/mol. The topological polar surface area (TPSA) is 25.8 Å². The molecule has 2 aromatic heterocycles. The van der Waals surface area contributed by atoms with Crippen molar-refractivity contribution in [2.45, 2.75) is 12.3 Å². The lowest BCUT2D eigenvalue weighted by molar-refractivity contribution is 0.802. The molecule has 1 aliphatic rings. The maximum absolute atomic E-state index is 4.97. The third-order valence-corrected chi connectivity index (χ3v) is 5.92. The molecule has 2 heterocycles. The Hall–Kier alpha value is -2.78. The van der Waals surface area contributed by atoms with Gasteiger partial charge in [0.05, 0.1) is 5.69 Å². The Balaban J connectivity index is 1.67. The maximum atomic E-state index is 4.97. The summed E-state index contributed by atoms with van der Waals surface area (Å²) in [5, 5.41) is 1.06. The van der Waals surface area contributed by atoms with Crippen LogP contribution in [0.2, 0.25) is 0 Å². The lowest BCUT2D eigenvalue weighted by Gasteiger charge is -2.25. The molecule has 2 nitrogen and oxygen atoms in total. The van der Waals surface area contributed by atoms with Crippen LogP contribution in [0.1, 0.15) is 21.9 Å². The van der Waals surface area contributed by atoms with Crippen LogP contribution < -0.4 is 0 Å². The zero-order valence-corrected chi connectivity index (χ0v) is 14.4. The van der Waals surface area contributed by atoms with E-state index < -0.39 is 0 Å². The molecule has 0 fully saturated rings. The Morgan fingerprint density at radius 2 is 1.72 bits per heavy atom. The summed E-state index contributed by atoms with van der Waals surface area (Å²) < 4.78 is 0. The van der Waals surface area contributed by atoms with Crippen molar-refractivity contribution in [3.63, 3.8) is 0 Å². The molecule has 120 valence electrons. The van der Waals surface area contributed by atoms with E-state index in [1.54, 1.807) is 17.5 Å². The van der Waals surface area contributed by atoms with Gasteiger partial charge in [0, 0.05) is 34.3 Å². The van der Waals surface area contributed by atoms with Gasteiger partial charge in [-0.1, -0.05) is 54.6 Å². The maximum Gasteiger partial charge on any atom is 0.125 e. The van der Waals surface area contributed by atoms with Crippen LogP contribution in [0.25, 0.3) is 21.8 Å². The first-order valence-electron chi connectivity index (χ1n) is 8.44. The summed E-state index contributed by atoms with van der Waals surface area (Å²) in [6.45, 7) is 0. The van der Waals surface area contributed by atoms with Crippen LogP contribution in [0.15, 0.2) is 79.1 Å². The summed E-state index contributed by atoms with van der Waals surface area (Å²) in [6.07, 6.45) is 4.71. The average molecular weight is 340 g/mol. The first-order chi connectivity index (χ1) is 12.4. The van der Waals surface area contributed by atoms with Crippen molar-refractivity contribution in [3.8, 4) is 21.8 Å². The molecular formula is C22H16N2S. The van der Waals surface area contributed by atoms with E-state index in [1.807, 2.05) is 12.3 Å². The third-order valence-electron chi connectivity index (χ3n) is 4.79. The highest BCUT2D eigenvalue weighted by Gasteiger charge is 2.28. The van der Waals surface area contributed by atoms with Gasteiger partial charge in [0.2, 0.25) is 0 Å². The molecule has 3 heteroatoms. The van der Waals surface area contributed by atoms with Crippen LogP contribution in [0.5, 0.6) is 0 Å². The van der Waals surface area contributed by atoms with Crippen LogP contribution in [0.3, 0.4) is 0 Å². The minimum absolute atomic E-state index is 0.395. The van der Waals surface area contributed by atoms with Crippen molar-refractivity contribution < 1.29 is 0 Å². The Morgan fingerprint density at radius 3 is 2.56 bits per heavy atom. The molecule has 0 aliphatic heterocycles. The molecule has 0 radical (unpaired) electrons. The number of benzene rings is 2. The van der Waals surface area contributed by atoms with Gasteiger partial charge in [0.15, 0.2) is 0 Å². The summed E-state index contributed by atoms with van der Waals surface area (Å²) in [5.74, 6) is 0.395. The number of hydrogen-bond acceptors (Lipinski definition) is 3. The minimum Gasteiger partial charge on any atom is -0.264 e. The zero-order valence-electron chi connectivity index (χ0n) is 13.6. The van der Waals surface area contributed by atoms with Crippen molar-refractivity contribution in [3.05, 3.63) is 95.1 Å². The van der Waals surface area contributed by atoms with Crippen molar-refractivity contribution in [1.82, 2.24) is 9.97 Å². The molecule has 2 aromatic carbocycles. The van der Waals surface area contributed by atoms with E-state index in [4.69, 9.17) is 4.98 Å². The normalized spacial score (nSPS) is 15.4. The molecule has 1 atom stereocenters. The quantitative estimate of drug-likeness (QED) is 0.477. The second kappa shape index (κ2) is 5.94. The molecule has 25 heavy (non-hydrogen) atoms. The summed E-state index contributed by atoms with van der Waals surface area (Å²) in [5.41, 5.74) is 6.26. The van der Waals surface area contributed by atoms with E-state index in [-0.39, 0.29) is 0 Å². The molecule has 1 unspecified atom stereocenters. The largest absolute Gasteiger partial charge is 0.264 e. The van der Waals surface area contributed by atoms with Gasteiger partial charge in [0.1, 0.15) is 5.01 Å². The van der Waals surface area contributed by atoms with Gasteiger partial charge >= 0.3 is 0 Å². The second-order valence-corrected chi connectivity index (χ2v) is 7.37. The second-order valence-electron chi connectivity index (χ2n) is 6.29. The van der Waals surface area contributed by atoms with Gasteiger partial charge in [-0.15, -0.1) is 11.3 Å². The number of thiazole rings is 1. The highest BCUT2D eigenvalue weighted by atomic mass is 32.1. The number of fused-ring (bicyclic) bond motifs is 3. The number of hydrogen-bond donors (Lipinski definition) is 0. The number of pyridine rings is 1. The Labute approximate surface area is 150 Å². The SMILES string of the molecule is c1ccc(C2Cc3sc(-c4cccnc4)nc3-c3ccccc32)cc1. The first-order valence-corrected chi connectivity index (χ1v) is 9.26. The van der Waals surface area contributed by atoms with E-state index in [0.29, 0.717) is 5.92 Å². The van der Waals surface area contributed by atoms with Gasteiger partial charge in [0.25, 0.3) is 0 Å². The van der Waals surface area contributed by atoms with E-state index in [1.165, 1.54) is 21.6 Å². The standard InChI is InChI=1S/C22H16N2S/c1-2-7-15(8-3-1)19-13-20-21(18-11-5-4-10-17(18)19)24-22(25-20)16-9-6-12-23-14-16/h1-12,14,19H,13H2. The molecule has 0 saturated heterocycles. The number of nitrogens with zero attached hydrogens (tertiary/aromatic N) is 2. The lowest BCUT2D eigenvalue weighted by Crippen LogP contribution is -2.11. The number of rotatable bonds is 2. The van der Waals surface area contributed by atoms with E-state index in [2.05, 4.69) is 65.6 Å². The van der Waals surface area contributed by atoms with Crippen LogP contribution in [-0.4, -0.2) is 9.97 Å². The molecule has 4 aromatic rings. The molecule has 0 N–H and O–H groups in total. The van der Waals surface area contributed by atoms with Crippen molar-refractivity contribution in [2.75, 3.05) is 0 Å². The van der Waals surface area contributed by atoms with Crippen LogP contribution in [-0.2, 0) is 6.42 Å². The Bertz CT molecular complexity index is 1020. The molecule has 0 amide bonds. The fourth-order valence-corrected chi connectivity index (χ4v) is 4.72. The minimum atomic E-state index is 0.395. The molecule has 0 spiro atoms. The molecule has 5 rings (SSSR count). The van der Waals surface area contributed by atoms with Crippen LogP contribution in [0, 0.1) is 0 Å². The molecule has 1 aliphatic carbocycles. The summed E-state index contributed by atoms with van der Waals surface area (Å²) in [4.78, 5) is 10.6. The molecule has 0 saturated carbocycles. The highest BCUT2D eigenvalue weighted by molar-refractivity contribution is 7.15. The van der Waals surface area contributed by atoms with E-state index in [0.717, 1.165) is 22.7 Å². The summed E-state index contributed by atoms with van der Waals surface area (Å²) in [6, 6.07) is 23.5. The zero-order chi connectivity index (χ0) is 16.6. The fraction of sp³-hybridized carbons (Fsp3) is 0.0909. The van der Waals surface area contributed by atoms with Crippen LogP contribution in [0.4, 0.5) is 0 Å². The van der Waals surface area contributed by atoms with Crippen LogP contribution >= 0.6 is 11.3 Å². The Morgan fingerprint density at radius 1 is 0.880 bits per heavy atom. The first kappa shape index (κ1) is 14.6. The summed E-state index contributed by atoms with van der Waals surface area (Å²) in [7, 11) is 0. The molecular weight excluding hydrogens is 324 g/mol. The monoisotopic (exact) mass is 340 g/mol. The van der Waals surface area contributed by atoms with Crippen molar-refractivity contribution in [1.29, 1.82) is 0 Å². The van der Waals surface area contributed by atoms with Gasteiger partial charge < -0.3 is 0 Å². The Kier molecular flexibility index (Phi) is 3.46.